The van der Waals surface area contributed by atoms with E-state index in [2.05, 4.69) is 0 Å². The standard InChI is InChI=1S/C20H23N5O3/c1-5-6-10-23-18(26)16-17(22(3)20(23)27)21-19-24(16)12-13(2)25(19)14-8-7-9-15(11-14)28-4/h5-9,11-12,16-17H,10H2,1-4H3/b6-5+. The molecule has 2 unspecified atom stereocenters. The molecule has 1 aromatic rings. The number of fused-ring (bicyclic) bond motifs is 3. The average Bonchev–Trinajstić information content (AvgIpc) is 3.20. The van der Waals surface area contributed by atoms with E-state index in [1.165, 1.54) is 9.80 Å². The second-order valence-corrected chi connectivity index (χ2v) is 6.91. The number of allylic oxidation sites excluding steroid dienone is 2. The first kappa shape index (κ1) is 18.1. The van der Waals surface area contributed by atoms with Crippen LogP contribution in [0.2, 0.25) is 0 Å². The Morgan fingerprint density at radius 2 is 2.07 bits per heavy atom. The minimum Gasteiger partial charge on any atom is -0.497 e. The zero-order valence-electron chi connectivity index (χ0n) is 16.4. The molecule has 0 aromatic heterocycles. The Kier molecular flexibility index (Phi) is 4.33. The van der Waals surface area contributed by atoms with Crippen molar-refractivity contribution in [2.45, 2.75) is 26.1 Å². The number of likely N-dealkylation sites (N-methyl/N-ethyl adjacent to an activating group) is 1. The Morgan fingerprint density at radius 3 is 2.79 bits per heavy atom. The molecule has 2 atom stereocenters. The highest BCUT2D eigenvalue weighted by Gasteiger charge is 2.54. The fourth-order valence-corrected chi connectivity index (χ4v) is 3.80. The first-order chi connectivity index (χ1) is 13.5. The molecule has 8 heteroatoms. The van der Waals surface area contributed by atoms with Crippen LogP contribution in [0.1, 0.15) is 13.8 Å². The highest BCUT2D eigenvalue weighted by atomic mass is 16.5. The van der Waals surface area contributed by atoms with Crippen LogP contribution in [0.5, 0.6) is 5.75 Å². The lowest BCUT2D eigenvalue weighted by Crippen LogP contribution is -2.64. The summed E-state index contributed by atoms with van der Waals surface area (Å²) >= 11 is 0. The number of anilines is 1. The average molecular weight is 381 g/mol. The molecule has 3 heterocycles. The van der Waals surface area contributed by atoms with Gasteiger partial charge in [0.1, 0.15) is 5.75 Å². The number of nitrogens with zero attached hydrogens (tertiary/aromatic N) is 5. The van der Waals surface area contributed by atoms with Gasteiger partial charge in [0.25, 0.3) is 5.91 Å². The first-order valence-corrected chi connectivity index (χ1v) is 9.16. The van der Waals surface area contributed by atoms with Crippen molar-refractivity contribution in [2.75, 3.05) is 25.6 Å². The number of rotatable bonds is 4. The van der Waals surface area contributed by atoms with Crippen molar-refractivity contribution in [3.8, 4) is 5.75 Å². The van der Waals surface area contributed by atoms with Gasteiger partial charge in [0.15, 0.2) is 12.2 Å². The Labute approximate surface area is 164 Å². The Bertz CT molecular complexity index is 922. The van der Waals surface area contributed by atoms with Crippen LogP contribution in [-0.2, 0) is 4.79 Å². The number of amides is 3. The second kappa shape index (κ2) is 6.70. The van der Waals surface area contributed by atoms with Crippen molar-refractivity contribution in [1.82, 2.24) is 14.7 Å². The minimum atomic E-state index is -0.562. The molecule has 4 rings (SSSR count). The number of benzene rings is 1. The number of hydrogen-bond acceptors (Lipinski definition) is 6. The van der Waals surface area contributed by atoms with Crippen LogP contribution in [0.4, 0.5) is 10.5 Å². The molecule has 3 amide bonds. The number of imide groups is 1. The molecular formula is C20H23N5O3. The third-order valence-corrected chi connectivity index (χ3v) is 5.22. The number of ether oxygens (including phenoxy) is 1. The summed E-state index contributed by atoms with van der Waals surface area (Å²) in [5.41, 5.74) is 1.83. The Balaban J connectivity index is 1.71. The maximum atomic E-state index is 13.1. The molecule has 3 aliphatic heterocycles. The van der Waals surface area contributed by atoms with Gasteiger partial charge in [-0.05, 0) is 26.0 Å². The first-order valence-electron chi connectivity index (χ1n) is 9.16. The molecule has 1 aromatic carbocycles. The number of aliphatic imine (C=N–C) groups is 1. The van der Waals surface area contributed by atoms with Crippen LogP contribution in [0.3, 0.4) is 0 Å². The van der Waals surface area contributed by atoms with Gasteiger partial charge in [-0.1, -0.05) is 18.2 Å². The zero-order chi connectivity index (χ0) is 20.0. The van der Waals surface area contributed by atoms with E-state index in [1.54, 1.807) is 20.2 Å². The summed E-state index contributed by atoms with van der Waals surface area (Å²) in [6.07, 6.45) is 5.00. The number of urea groups is 1. The van der Waals surface area contributed by atoms with E-state index in [0.717, 1.165) is 17.1 Å². The summed E-state index contributed by atoms with van der Waals surface area (Å²) < 4.78 is 5.34. The topological polar surface area (TPSA) is 68.7 Å². The van der Waals surface area contributed by atoms with Gasteiger partial charge in [-0.2, -0.15) is 0 Å². The predicted octanol–water partition coefficient (Wildman–Crippen LogP) is 2.21. The van der Waals surface area contributed by atoms with E-state index in [1.807, 2.05) is 60.2 Å². The van der Waals surface area contributed by atoms with Gasteiger partial charge in [0.2, 0.25) is 5.96 Å². The molecule has 0 saturated carbocycles. The molecule has 1 saturated heterocycles. The van der Waals surface area contributed by atoms with Crippen LogP contribution in [-0.4, -0.2) is 65.5 Å². The smallest absolute Gasteiger partial charge is 0.328 e. The molecule has 28 heavy (non-hydrogen) atoms. The summed E-state index contributed by atoms with van der Waals surface area (Å²) in [4.78, 5) is 37.2. The molecule has 8 nitrogen and oxygen atoms in total. The van der Waals surface area contributed by atoms with E-state index in [-0.39, 0.29) is 18.5 Å². The van der Waals surface area contributed by atoms with Crippen LogP contribution in [0, 0.1) is 0 Å². The largest absolute Gasteiger partial charge is 0.497 e. The fourth-order valence-electron chi connectivity index (χ4n) is 3.80. The maximum Gasteiger partial charge on any atom is 0.328 e. The van der Waals surface area contributed by atoms with Crippen LogP contribution in [0.15, 0.2) is 53.3 Å². The number of carbonyl (C=O) groups is 2. The van der Waals surface area contributed by atoms with Gasteiger partial charge in [-0.3, -0.25) is 14.6 Å². The number of methoxy groups -OCH3 is 1. The van der Waals surface area contributed by atoms with Gasteiger partial charge in [0.05, 0.1) is 12.8 Å². The molecular weight excluding hydrogens is 358 g/mol. The predicted molar refractivity (Wildman–Crippen MR) is 106 cm³/mol. The highest BCUT2D eigenvalue weighted by Crippen LogP contribution is 2.37. The van der Waals surface area contributed by atoms with E-state index in [9.17, 15) is 9.59 Å². The van der Waals surface area contributed by atoms with Gasteiger partial charge in [0, 0.05) is 31.6 Å². The molecule has 0 bridgehead atoms. The number of carbonyl (C=O) groups excluding carboxylic acids is 2. The van der Waals surface area contributed by atoms with Gasteiger partial charge >= 0.3 is 6.03 Å². The van der Waals surface area contributed by atoms with Crippen molar-refractivity contribution in [3.05, 3.63) is 48.3 Å². The quantitative estimate of drug-likeness (QED) is 0.748. The van der Waals surface area contributed by atoms with E-state index in [4.69, 9.17) is 9.73 Å². The minimum absolute atomic E-state index is 0.235. The zero-order valence-corrected chi connectivity index (χ0v) is 16.4. The maximum absolute atomic E-state index is 13.1. The van der Waals surface area contributed by atoms with E-state index in [0.29, 0.717) is 5.96 Å². The summed E-state index contributed by atoms with van der Waals surface area (Å²) in [7, 11) is 3.31. The SMILES string of the molecule is C/C=C/CN1C(=O)C2C(N=C3N(c4cccc(OC)c4)C(C)=CN32)N(C)C1=O. The normalized spacial score (nSPS) is 24.0. The highest BCUT2D eigenvalue weighted by molar-refractivity contribution is 6.10. The molecule has 0 N–H and O–H groups in total. The number of hydrogen-bond donors (Lipinski definition) is 0. The monoisotopic (exact) mass is 381 g/mol. The third kappa shape index (κ3) is 2.56. The van der Waals surface area contributed by atoms with Crippen LogP contribution in [0.25, 0.3) is 0 Å². The third-order valence-electron chi connectivity index (χ3n) is 5.22. The number of guanidine groups is 1. The molecule has 1 fully saturated rings. The van der Waals surface area contributed by atoms with Crippen molar-refractivity contribution in [2.24, 2.45) is 4.99 Å². The molecule has 0 radical (unpaired) electrons. The van der Waals surface area contributed by atoms with Gasteiger partial charge in [-0.25, -0.2) is 9.79 Å². The summed E-state index contributed by atoms with van der Waals surface area (Å²) in [5.74, 6) is 1.14. The summed E-state index contributed by atoms with van der Waals surface area (Å²) in [6, 6.07) is 6.77. The summed E-state index contributed by atoms with van der Waals surface area (Å²) in [6.45, 7) is 4.09. The van der Waals surface area contributed by atoms with Gasteiger partial charge in [-0.15, -0.1) is 0 Å². The van der Waals surface area contributed by atoms with Crippen molar-refractivity contribution < 1.29 is 14.3 Å². The van der Waals surface area contributed by atoms with Crippen molar-refractivity contribution >= 4 is 23.6 Å². The lowest BCUT2D eigenvalue weighted by molar-refractivity contribution is -0.136. The lowest BCUT2D eigenvalue weighted by atomic mass is 10.1. The second-order valence-electron chi connectivity index (χ2n) is 6.91. The Hall–Kier alpha value is -3.29. The van der Waals surface area contributed by atoms with E-state index >= 15 is 0 Å². The molecule has 146 valence electrons. The Morgan fingerprint density at radius 1 is 1.29 bits per heavy atom. The molecule has 0 spiro atoms. The molecule has 0 aliphatic carbocycles. The van der Waals surface area contributed by atoms with Gasteiger partial charge < -0.3 is 14.5 Å². The van der Waals surface area contributed by atoms with Crippen molar-refractivity contribution in [3.63, 3.8) is 0 Å². The summed E-state index contributed by atoms with van der Waals surface area (Å²) in [5, 5.41) is 0. The van der Waals surface area contributed by atoms with Crippen LogP contribution < -0.4 is 9.64 Å². The lowest BCUT2D eigenvalue weighted by Gasteiger charge is -2.39. The van der Waals surface area contributed by atoms with Crippen molar-refractivity contribution in [1.29, 1.82) is 0 Å². The van der Waals surface area contributed by atoms with E-state index < -0.39 is 12.2 Å². The molecule has 3 aliphatic rings. The van der Waals surface area contributed by atoms with Crippen LogP contribution >= 0.6 is 0 Å². The fraction of sp³-hybridized carbons (Fsp3) is 0.350.